The molecule has 1 spiro atoms. The van der Waals surface area contributed by atoms with Crippen LogP contribution >= 0.6 is 0 Å². The van der Waals surface area contributed by atoms with Crippen molar-refractivity contribution in [2.24, 2.45) is 11.3 Å². The van der Waals surface area contributed by atoms with Crippen molar-refractivity contribution < 1.29 is 4.39 Å². The van der Waals surface area contributed by atoms with Crippen molar-refractivity contribution in [1.82, 2.24) is 0 Å². The summed E-state index contributed by atoms with van der Waals surface area (Å²) in [6, 6.07) is 7.23. The molecule has 3 rings (SSSR count). The van der Waals surface area contributed by atoms with E-state index in [1.54, 1.807) is 12.1 Å². The molecule has 0 N–H and O–H groups in total. The van der Waals surface area contributed by atoms with Gasteiger partial charge in [-0.15, -0.1) is 0 Å². The van der Waals surface area contributed by atoms with Crippen LogP contribution in [0, 0.1) is 17.2 Å². The molecule has 0 bridgehead atoms. The van der Waals surface area contributed by atoms with Crippen molar-refractivity contribution >= 4 is 0 Å². The molecule has 116 valence electrons. The molecule has 2 aliphatic rings. The molecular formula is C20H29F. The molecule has 0 atom stereocenters. The van der Waals surface area contributed by atoms with Crippen LogP contribution in [-0.4, -0.2) is 0 Å². The molecule has 0 saturated heterocycles. The third-order valence-corrected chi connectivity index (χ3v) is 6.25. The summed E-state index contributed by atoms with van der Waals surface area (Å²) in [6.07, 6.45) is 14.1. The van der Waals surface area contributed by atoms with E-state index in [9.17, 15) is 4.39 Å². The van der Waals surface area contributed by atoms with Gasteiger partial charge in [0.25, 0.3) is 0 Å². The third-order valence-electron chi connectivity index (χ3n) is 6.25. The van der Waals surface area contributed by atoms with Gasteiger partial charge in [0.05, 0.1) is 0 Å². The van der Waals surface area contributed by atoms with E-state index in [2.05, 4.69) is 6.92 Å². The van der Waals surface area contributed by atoms with Crippen LogP contribution in [0.25, 0.3) is 0 Å². The fraction of sp³-hybridized carbons (Fsp3) is 0.700. The molecular weight excluding hydrogens is 259 g/mol. The zero-order valence-corrected chi connectivity index (χ0v) is 13.4. The van der Waals surface area contributed by atoms with Gasteiger partial charge in [0, 0.05) is 0 Å². The number of hydrogen-bond donors (Lipinski definition) is 0. The van der Waals surface area contributed by atoms with E-state index >= 15 is 0 Å². The summed E-state index contributed by atoms with van der Waals surface area (Å²) in [6.45, 7) is 2.32. The van der Waals surface area contributed by atoms with Gasteiger partial charge in [-0.05, 0) is 86.3 Å². The minimum absolute atomic E-state index is 0.111. The van der Waals surface area contributed by atoms with Crippen LogP contribution in [0.15, 0.2) is 24.3 Å². The lowest BCUT2D eigenvalue weighted by Crippen LogP contribution is -2.31. The lowest BCUT2D eigenvalue weighted by Gasteiger charge is -2.45. The zero-order chi connectivity index (χ0) is 14.7. The van der Waals surface area contributed by atoms with Crippen molar-refractivity contribution in [3.63, 3.8) is 0 Å². The monoisotopic (exact) mass is 288 g/mol. The van der Waals surface area contributed by atoms with Crippen molar-refractivity contribution in [3.8, 4) is 0 Å². The molecule has 0 nitrogen and oxygen atoms in total. The number of benzene rings is 1. The standard InChI is InChI=1S/C20H29F/c1-2-3-16-8-12-20(13-9-16)14-10-18(11-15-20)17-4-6-19(21)7-5-17/h4-7,16,18H,2-3,8-15H2,1H3. The van der Waals surface area contributed by atoms with Gasteiger partial charge in [0.1, 0.15) is 5.82 Å². The average Bonchev–Trinajstić information content (AvgIpc) is 2.52. The Bertz CT molecular complexity index is 429. The molecule has 2 saturated carbocycles. The largest absolute Gasteiger partial charge is 0.207 e. The molecule has 0 aliphatic heterocycles. The van der Waals surface area contributed by atoms with E-state index in [0.29, 0.717) is 11.3 Å². The fourth-order valence-electron chi connectivity index (χ4n) is 4.79. The Morgan fingerprint density at radius 1 is 0.952 bits per heavy atom. The lowest BCUT2D eigenvalue weighted by atomic mass is 9.60. The minimum atomic E-state index is -0.111. The van der Waals surface area contributed by atoms with Crippen LogP contribution in [0.3, 0.4) is 0 Å². The lowest BCUT2D eigenvalue weighted by molar-refractivity contribution is 0.0866. The van der Waals surface area contributed by atoms with Crippen molar-refractivity contribution in [2.75, 3.05) is 0 Å². The highest BCUT2D eigenvalue weighted by Crippen LogP contribution is 2.52. The molecule has 0 aromatic heterocycles. The van der Waals surface area contributed by atoms with Gasteiger partial charge in [-0.25, -0.2) is 4.39 Å². The summed E-state index contributed by atoms with van der Waals surface area (Å²) in [5, 5.41) is 0. The highest BCUT2D eigenvalue weighted by molar-refractivity contribution is 5.21. The molecule has 21 heavy (non-hydrogen) atoms. The Labute approximate surface area is 129 Å². The van der Waals surface area contributed by atoms with E-state index in [1.165, 1.54) is 69.8 Å². The van der Waals surface area contributed by atoms with E-state index in [-0.39, 0.29) is 5.82 Å². The Kier molecular flexibility index (Phi) is 4.66. The second kappa shape index (κ2) is 6.50. The molecule has 1 aromatic rings. The normalized spacial score (nSPS) is 33.2. The maximum Gasteiger partial charge on any atom is 0.123 e. The topological polar surface area (TPSA) is 0 Å². The summed E-state index contributed by atoms with van der Waals surface area (Å²) in [5.74, 6) is 1.57. The minimum Gasteiger partial charge on any atom is -0.207 e. The summed E-state index contributed by atoms with van der Waals surface area (Å²) >= 11 is 0. The Balaban J connectivity index is 1.54. The summed E-state index contributed by atoms with van der Waals surface area (Å²) in [5.41, 5.74) is 2.02. The first kappa shape index (κ1) is 15.1. The second-order valence-electron chi connectivity index (χ2n) is 7.56. The smallest absolute Gasteiger partial charge is 0.123 e. The second-order valence-corrected chi connectivity index (χ2v) is 7.56. The maximum atomic E-state index is 13.0. The quantitative estimate of drug-likeness (QED) is 0.598. The van der Waals surface area contributed by atoms with E-state index < -0.39 is 0 Å². The molecule has 1 aromatic carbocycles. The average molecular weight is 288 g/mol. The molecule has 1 heteroatoms. The van der Waals surface area contributed by atoms with E-state index in [4.69, 9.17) is 0 Å². The van der Waals surface area contributed by atoms with Crippen LogP contribution in [0.5, 0.6) is 0 Å². The Morgan fingerprint density at radius 2 is 1.52 bits per heavy atom. The Hall–Kier alpha value is -0.850. The summed E-state index contributed by atoms with van der Waals surface area (Å²) in [4.78, 5) is 0. The zero-order valence-electron chi connectivity index (χ0n) is 13.4. The summed E-state index contributed by atoms with van der Waals surface area (Å²) < 4.78 is 13.0. The number of halogens is 1. The van der Waals surface area contributed by atoms with Crippen molar-refractivity contribution in [1.29, 1.82) is 0 Å². The first-order valence-corrected chi connectivity index (χ1v) is 8.96. The predicted molar refractivity (Wildman–Crippen MR) is 86.9 cm³/mol. The number of rotatable bonds is 3. The van der Waals surface area contributed by atoms with Gasteiger partial charge in [-0.3, -0.25) is 0 Å². The van der Waals surface area contributed by atoms with Crippen LogP contribution < -0.4 is 0 Å². The van der Waals surface area contributed by atoms with Crippen LogP contribution in [0.1, 0.15) is 82.6 Å². The van der Waals surface area contributed by atoms with Gasteiger partial charge in [-0.2, -0.15) is 0 Å². The summed E-state index contributed by atoms with van der Waals surface area (Å²) in [7, 11) is 0. The number of hydrogen-bond acceptors (Lipinski definition) is 0. The van der Waals surface area contributed by atoms with Gasteiger partial charge in [0.2, 0.25) is 0 Å². The van der Waals surface area contributed by atoms with Crippen LogP contribution in [0.2, 0.25) is 0 Å². The van der Waals surface area contributed by atoms with Crippen molar-refractivity contribution in [2.45, 2.75) is 77.0 Å². The molecule has 2 aliphatic carbocycles. The molecule has 0 amide bonds. The van der Waals surface area contributed by atoms with Crippen molar-refractivity contribution in [3.05, 3.63) is 35.6 Å². The SMILES string of the molecule is CCCC1CCC2(CC1)CCC(c1ccc(F)cc1)CC2. The molecule has 0 radical (unpaired) electrons. The first-order valence-electron chi connectivity index (χ1n) is 8.96. The predicted octanol–water partition coefficient (Wildman–Crippen LogP) is 6.46. The van der Waals surface area contributed by atoms with Crippen LogP contribution in [0.4, 0.5) is 4.39 Å². The molecule has 2 fully saturated rings. The van der Waals surface area contributed by atoms with Gasteiger partial charge >= 0.3 is 0 Å². The molecule has 0 heterocycles. The molecule has 0 unspecified atom stereocenters. The first-order chi connectivity index (χ1) is 10.2. The van der Waals surface area contributed by atoms with E-state index in [0.717, 1.165) is 5.92 Å². The van der Waals surface area contributed by atoms with Gasteiger partial charge < -0.3 is 0 Å². The maximum absolute atomic E-state index is 13.0. The highest BCUT2D eigenvalue weighted by Gasteiger charge is 2.38. The van der Waals surface area contributed by atoms with E-state index in [1.807, 2.05) is 12.1 Å². The van der Waals surface area contributed by atoms with Gasteiger partial charge in [0.15, 0.2) is 0 Å². The Morgan fingerprint density at radius 3 is 2.10 bits per heavy atom. The van der Waals surface area contributed by atoms with Crippen LogP contribution in [-0.2, 0) is 0 Å². The highest BCUT2D eigenvalue weighted by atomic mass is 19.1. The van der Waals surface area contributed by atoms with Gasteiger partial charge in [-0.1, -0.05) is 31.9 Å². The fourth-order valence-corrected chi connectivity index (χ4v) is 4.79. The third kappa shape index (κ3) is 3.49.